The van der Waals surface area contributed by atoms with Crippen LogP contribution in [0.4, 0.5) is 19.4 Å². The van der Waals surface area contributed by atoms with E-state index in [2.05, 4.69) is 20.4 Å². The molecule has 1 atom stereocenters. The first kappa shape index (κ1) is 14.4. The van der Waals surface area contributed by atoms with E-state index in [1.54, 1.807) is 0 Å². The van der Waals surface area contributed by atoms with Gasteiger partial charge in [0.1, 0.15) is 5.82 Å². The molecule has 1 aromatic heterocycles. The molecule has 0 bridgehead atoms. The normalized spacial score (nSPS) is 18.6. The van der Waals surface area contributed by atoms with E-state index in [0.29, 0.717) is 13.2 Å². The molecular weight excluding hydrogens is 272 g/mol. The minimum absolute atomic E-state index is 0.0516. The van der Waals surface area contributed by atoms with Crippen molar-refractivity contribution in [3.8, 4) is 5.88 Å². The number of urea groups is 1. The van der Waals surface area contributed by atoms with Gasteiger partial charge >= 0.3 is 12.6 Å². The van der Waals surface area contributed by atoms with Crippen LogP contribution in [0.2, 0.25) is 0 Å². The highest BCUT2D eigenvalue weighted by molar-refractivity contribution is 5.88. The molecule has 0 aromatic carbocycles. The average molecular weight is 287 g/mol. The zero-order chi connectivity index (χ0) is 14.4. The molecule has 1 aliphatic rings. The van der Waals surface area contributed by atoms with Crippen LogP contribution in [-0.4, -0.2) is 36.9 Å². The third-order valence-corrected chi connectivity index (χ3v) is 2.67. The Balaban J connectivity index is 1.86. The lowest BCUT2D eigenvalue weighted by molar-refractivity contribution is -0.0527. The molecule has 1 aliphatic heterocycles. The van der Waals surface area contributed by atoms with Gasteiger partial charge in [-0.3, -0.25) is 5.32 Å². The highest BCUT2D eigenvalue weighted by Gasteiger charge is 2.16. The van der Waals surface area contributed by atoms with Crippen molar-refractivity contribution in [1.82, 2.24) is 10.3 Å². The number of pyridine rings is 1. The number of halogens is 2. The first-order valence-electron chi connectivity index (χ1n) is 6.20. The van der Waals surface area contributed by atoms with Gasteiger partial charge in [-0.15, -0.1) is 0 Å². The van der Waals surface area contributed by atoms with Gasteiger partial charge in [0, 0.05) is 12.7 Å². The molecule has 8 heteroatoms. The van der Waals surface area contributed by atoms with Gasteiger partial charge in [0.05, 0.1) is 12.6 Å². The minimum Gasteiger partial charge on any atom is -0.417 e. The Hall–Kier alpha value is -1.96. The first-order chi connectivity index (χ1) is 9.63. The number of amides is 2. The van der Waals surface area contributed by atoms with Crippen LogP contribution in [0.15, 0.2) is 18.2 Å². The van der Waals surface area contributed by atoms with E-state index >= 15 is 0 Å². The van der Waals surface area contributed by atoms with E-state index in [9.17, 15) is 13.6 Å². The van der Waals surface area contributed by atoms with Gasteiger partial charge in [-0.05, 0) is 18.9 Å². The fraction of sp³-hybridized carbons (Fsp3) is 0.500. The van der Waals surface area contributed by atoms with E-state index in [1.807, 2.05) is 0 Å². The van der Waals surface area contributed by atoms with Crippen LogP contribution < -0.4 is 15.4 Å². The van der Waals surface area contributed by atoms with Crippen LogP contribution in [-0.2, 0) is 4.74 Å². The van der Waals surface area contributed by atoms with Crippen molar-refractivity contribution in [3.63, 3.8) is 0 Å². The van der Waals surface area contributed by atoms with Crippen LogP contribution in [0.25, 0.3) is 0 Å². The summed E-state index contributed by atoms with van der Waals surface area (Å²) in [5.74, 6) is -0.115. The maximum Gasteiger partial charge on any atom is 0.388 e. The van der Waals surface area contributed by atoms with Gasteiger partial charge in [0.25, 0.3) is 0 Å². The lowest BCUT2D eigenvalue weighted by Crippen LogP contribution is -2.42. The fourth-order valence-electron chi connectivity index (χ4n) is 1.83. The second-order valence-electron chi connectivity index (χ2n) is 4.25. The summed E-state index contributed by atoms with van der Waals surface area (Å²) >= 11 is 0. The Morgan fingerprint density at radius 1 is 1.50 bits per heavy atom. The fourth-order valence-corrected chi connectivity index (χ4v) is 1.83. The van der Waals surface area contributed by atoms with Gasteiger partial charge in [0.15, 0.2) is 0 Å². The molecule has 1 saturated heterocycles. The monoisotopic (exact) mass is 287 g/mol. The molecular formula is C12H15F2N3O3. The average Bonchev–Trinajstić information content (AvgIpc) is 2.39. The Labute approximate surface area is 114 Å². The van der Waals surface area contributed by atoms with E-state index in [0.717, 1.165) is 12.8 Å². The van der Waals surface area contributed by atoms with Crippen molar-refractivity contribution >= 4 is 11.8 Å². The number of hydrogen-bond acceptors (Lipinski definition) is 4. The molecule has 1 aromatic rings. The third kappa shape index (κ3) is 4.61. The predicted octanol–water partition coefficient (Wildman–Crippen LogP) is 1.98. The molecule has 0 radical (unpaired) electrons. The van der Waals surface area contributed by atoms with Crippen LogP contribution in [0.5, 0.6) is 5.88 Å². The number of alkyl halides is 2. The summed E-state index contributed by atoms with van der Waals surface area (Å²) in [5, 5.41) is 5.18. The smallest absolute Gasteiger partial charge is 0.388 e. The Morgan fingerprint density at radius 2 is 2.35 bits per heavy atom. The minimum atomic E-state index is -2.95. The molecule has 0 spiro atoms. The van der Waals surface area contributed by atoms with E-state index in [-0.39, 0.29) is 17.7 Å². The van der Waals surface area contributed by atoms with Crippen LogP contribution in [0.1, 0.15) is 12.8 Å². The summed E-state index contributed by atoms with van der Waals surface area (Å²) in [6.45, 7) is -1.78. The lowest BCUT2D eigenvalue weighted by Gasteiger charge is -2.23. The summed E-state index contributed by atoms with van der Waals surface area (Å²) in [5.41, 5.74) is 0. The van der Waals surface area contributed by atoms with Crippen LogP contribution in [0.3, 0.4) is 0 Å². The molecule has 2 rings (SSSR count). The number of ether oxygens (including phenoxy) is 2. The number of anilines is 1. The molecule has 1 fully saturated rings. The molecule has 2 heterocycles. The quantitative estimate of drug-likeness (QED) is 0.888. The Morgan fingerprint density at radius 3 is 3.05 bits per heavy atom. The number of aromatic nitrogens is 1. The highest BCUT2D eigenvalue weighted by Crippen LogP contribution is 2.14. The molecule has 0 unspecified atom stereocenters. The second kappa shape index (κ2) is 6.99. The predicted molar refractivity (Wildman–Crippen MR) is 66.9 cm³/mol. The van der Waals surface area contributed by atoms with Crippen molar-refractivity contribution in [2.75, 3.05) is 18.5 Å². The standard InChI is InChI=1S/C12H15F2N3O3/c13-11(14)20-10-5-1-4-9(16-10)17-12(18)15-8-3-2-6-19-7-8/h1,4-5,8,11H,2-3,6-7H2,(H2,15,16,17,18)/t8-/m0/s1. The zero-order valence-corrected chi connectivity index (χ0v) is 10.6. The number of nitrogens with one attached hydrogen (secondary N) is 2. The largest absolute Gasteiger partial charge is 0.417 e. The number of hydrogen-bond donors (Lipinski definition) is 2. The molecule has 2 amide bonds. The molecule has 110 valence electrons. The molecule has 0 aliphatic carbocycles. The number of carbonyl (C=O) groups excluding carboxylic acids is 1. The number of rotatable bonds is 4. The van der Waals surface area contributed by atoms with E-state index < -0.39 is 12.6 Å². The van der Waals surface area contributed by atoms with Gasteiger partial charge in [-0.2, -0.15) is 13.8 Å². The summed E-state index contributed by atoms with van der Waals surface area (Å²) in [6, 6.07) is 3.72. The van der Waals surface area contributed by atoms with Crippen LogP contribution >= 0.6 is 0 Å². The van der Waals surface area contributed by atoms with Gasteiger partial charge in [-0.1, -0.05) is 6.07 Å². The molecule has 0 saturated carbocycles. The molecule has 6 nitrogen and oxygen atoms in total. The van der Waals surface area contributed by atoms with Crippen molar-refractivity contribution in [2.24, 2.45) is 0 Å². The van der Waals surface area contributed by atoms with Crippen LogP contribution in [0, 0.1) is 0 Å². The molecule has 2 N–H and O–H groups in total. The van der Waals surface area contributed by atoms with E-state index in [1.165, 1.54) is 18.2 Å². The SMILES string of the molecule is O=C(Nc1cccc(OC(F)F)n1)N[C@H]1CCCOC1. The Bertz CT molecular complexity index is 453. The summed E-state index contributed by atoms with van der Waals surface area (Å²) in [6.07, 6.45) is 1.73. The maximum atomic E-state index is 12.0. The third-order valence-electron chi connectivity index (χ3n) is 2.67. The topological polar surface area (TPSA) is 72.5 Å². The highest BCUT2D eigenvalue weighted by atomic mass is 19.3. The van der Waals surface area contributed by atoms with Crippen molar-refractivity contribution in [1.29, 1.82) is 0 Å². The van der Waals surface area contributed by atoms with Crippen molar-refractivity contribution in [2.45, 2.75) is 25.5 Å². The number of carbonyl (C=O) groups is 1. The summed E-state index contributed by atoms with van der Waals surface area (Å²) < 4.78 is 33.5. The second-order valence-corrected chi connectivity index (χ2v) is 4.25. The molecule has 20 heavy (non-hydrogen) atoms. The Kier molecular flexibility index (Phi) is 5.05. The summed E-state index contributed by atoms with van der Waals surface area (Å²) in [7, 11) is 0. The van der Waals surface area contributed by atoms with Gasteiger partial charge in [-0.25, -0.2) is 4.79 Å². The number of nitrogens with zero attached hydrogens (tertiary/aromatic N) is 1. The van der Waals surface area contributed by atoms with Crippen molar-refractivity contribution in [3.05, 3.63) is 18.2 Å². The van der Waals surface area contributed by atoms with Gasteiger partial charge < -0.3 is 14.8 Å². The van der Waals surface area contributed by atoms with Gasteiger partial charge in [0.2, 0.25) is 5.88 Å². The van der Waals surface area contributed by atoms with Crippen molar-refractivity contribution < 1.29 is 23.0 Å². The van der Waals surface area contributed by atoms with E-state index in [4.69, 9.17) is 4.74 Å². The maximum absolute atomic E-state index is 12.0. The first-order valence-corrected chi connectivity index (χ1v) is 6.20. The lowest BCUT2D eigenvalue weighted by atomic mass is 10.1. The zero-order valence-electron chi connectivity index (χ0n) is 10.6. The summed E-state index contributed by atoms with van der Waals surface area (Å²) in [4.78, 5) is 15.4.